The summed E-state index contributed by atoms with van der Waals surface area (Å²) in [7, 11) is 0. The SMILES string of the molecule is CCCNCc1ccc(N2CCOC(CC)C2)cc1C. The Labute approximate surface area is 123 Å². The quantitative estimate of drug-likeness (QED) is 0.808. The summed E-state index contributed by atoms with van der Waals surface area (Å²) >= 11 is 0. The lowest BCUT2D eigenvalue weighted by Gasteiger charge is -2.34. The molecule has 2 rings (SSSR count). The smallest absolute Gasteiger partial charge is 0.0748 e. The molecule has 0 aromatic heterocycles. The number of aryl methyl sites for hydroxylation is 1. The Bertz CT molecular complexity index is 419. The van der Waals surface area contributed by atoms with Gasteiger partial charge in [0.1, 0.15) is 0 Å². The zero-order valence-corrected chi connectivity index (χ0v) is 13.1. The molecule has 1 unspecified atom stereocenters. The number of rotatable bonds is 6. The summed E-state index contributed by atoms with van der Waals surface area (Å²) in [5.74, 6) is 0. The fraction of sp³-hybridized carbons (Fsp3) is 0.647. The Balaban J connectivity index is 2.00. The van der Waals surface area contributed by atoms with Crippen LogP contribution in [0.4, 0.5) is 5.69 Å². The molecule has 0 aliphatic carbocycles. The molecular weight excluding hydrogens is 248 g/mol. The molecule has 0 radical (unpaired) electrons. The normalized spacial score (nSPS) is 19.4. The van der Waals surface area contributed by atoms with Gasteiger partial charge in [0.25, 0.3) is 0 Å². The van der Waals surface area contributed by atoms with E-state index < -0.39 is 0 Å². The average Bonchev–Trinajstić information content (AvgIpc) is 2.49. The van der Waals surface area contributed by atoms with Crippen LogP contribution in [0.5, 0.6) is 0 Å². The molecule has 1 aromatic rings. The van der Waals surface area contributed by atoms with Gasteiger partial charge >= 0.3 is 0 Å². The molecule has 1 aliphatic heterocycles. The molecule has 3 nitrogen and oxygen atoms in total. The minimum atomic E-state index is 0.384. The fourth-order valence-electron chi connectivity index (χ4n) is 2.68. The molecule has 1 atom stereocenters. The van der Waals surface area contributed by atoms with E-state index >= 15 is 0 Å². The Morgan fingerprint density at radius 3 is 2.90 bits per heavy atom. The maximum atomic E-state index is 5.75. The van der Waals surface area contributed by atoms with Gasteiger partial charge in [-0.1, -0.05) is 19.9 Å². The Morgan fingerprint density at radius 2 is 2.20 bits per heavy atom. The number of nitrogens with zero attached hydrogens (tertiary/aromatic N) is 1. The van der Waals surface area contributed by atoms with Crippen molar-refractivity contribution < 1.29 is 4.74 Å². The number of nitrogens with one attached hydrogen (secondary N) is 1. The van der Waals surface area contributed by atoms with Crippen molar-refractivity contribution in [2.24, 2.45) is 0 Å². The maximum absolute atomic E-state index is 5.75. The van der Waals surface area contributed by atoms with Crippen molar-refractivity contribution in [1.29, 1.82) is 0 Å². The summed E-state index contributed by atoms with van der Waals surface area (Å²) in [6.45, 7) is 11.5. The van der Waals surface area contributed by atoms with Gasteiger partial charge in [0.15, 0.2) is 0 Å². The van der Waals surface area contributed by atoms with Crippen LogP contribution in [-0.4, -0.2) is 32.3 Å². The zero-order valence-electron chi connectivity index (χ0n) is 13.1. The molecule has 1 heterocycles. The lowest BCUT2D eigenvalue weighted by atomic mass is 10.1. The standard InChI is InChI=1S/C17H28N2O/c1-4-8-18-12-15-6-7-16(11-14(15)3)19-9-10-20-17(5-2)13-19/h6-7,11,17-18H,4-5,8-10,12-13H2,1-3H3. The Hall–Kier alpha value is -1.06. The van der Waals surface area contributed by atoms with Crippen molar-refractivity contribution in [2.45, 2.75) is 46.3 Å². The van der Waals surface area contributed by atoms with Crippen molar-refractivity contribution in [3.05, 3.63) is 29.3 Å². The molecule has 0 spiro atoms. The predicted molar refractivity (Wildman–Crippen MR) is 85.4 cm³/mol. The van der Waals surface area contributed by atoms with E-state index in [9.17, 15) is 0 Å². The van der Waals surface area contributed by atoms with Crippen LogP contribution in [0.25, 0.3) is 0 Å². The van der Waals surface area contributed by atoms with Crippen molar-refractivity contribution in [3.8, 4) is 0 Å². The minimum absolute atomic E-state index is 0.384. The first kappa shape index (κ1) is 15.3. The summed E-state index contributed by atoms with van der Waals surface area (Å²) in [6.07, 6.45) is 2.66. The number of ether oxygens (including phenoxy) is 1. The van der Waals surface area contributed by atoms with Gasteiger partial charge in [-0.25, -0.2) is 0 Å². The van der Waals surface area contributed by atoms with Crippen molar-refractivity contribution in [1.82, 2.24) is 5.32 Å². The van der Waals surface area contributed by atoms with Crippen LogP contribution in [0.15, 0.2) is 18.2 Å². The highest BCUT2D eigenvalue weighted by molar-refractivity contribution is 5.51. The monoisotopic (exact) mass is 276 g/mol. The van der Waals surface area contributed by atoms with Gasteiger partial charge < -0.3 is 15.0 Å². The third-order valence-electron chi connectivity index (χ3n) is 4.03. The van der Waals surface area contributed by atoms with Crippen molar-refractivity contribution >= 4 is 5.69 Å². The fourth-order valence-corrected chi connectivity index (χ4v) is 2.68. The first-order chi connectivity index (χ1) is 9.74. The minimum Gasteiger partial charge on any atom is -0.375 e. The van der Waals surface area contributed by atoms with E-state index in [2.05, 4.69) is 49.2 Å². The van der Waals surface area contributed by atoms with Crippen LogP contribution in [0, 0.1) is 6.92 Å². The molecule has 1 fully saturated rings. The van der Waals surface area contributed by atoms with Gasteiger partial charge in [-0.2, -0.15) is 0 Å². The second-order valence-electron chi connectivity index (χ2n) is 5.63. The highest BCUT2D eigenvalue weighted by atomic mass is 16.5. The number of benzene rings is 1. The Morgan fingerprint density at radius 1 is 1.35 bits per heavy atom. The van der Waals surface area contributed by atoms with Crippen LogP contribution in [0.2, 0.25) is 0 Å². The lowest BCUT2D eigenvalue weighted by Crippen LogP contribution is -2.42. The summed E-state index contributed by atoms with van der Waals surface area (Å²) in [5, 5.41) is 3.47. The molecule has 3 heteroatoms. The largest absolute Gasteiger partial charge is 0.375 e. The number of hydrogen-bond acceptors (Lipinski definition) is 3. The van der Waals surface area contributed by atoms with Crippen LogP contribution in [0.3, 0.4) is 0 Å². The lowest BCUT2D eigenvalue weighted by molar-refractivity contribution is 0.0384. The van der Waals surface area contributed by atoms with Gasteiger partial charge in [-0.15, -0.1) is 0 Å². The molecular formula is C17H28N2O. The van der Waals surface area contributed by atoms with Gasteiger partial charge in [-0.05, 0) is 49.6 Å². The van der Waals surface area contributed by atoms with Crippen LogP contribution in [0.1, 0.15) is 37.8 Å². The van der Waals surface area contributed by atoms with Gasteiger partial charge in [-0.3, -0.25) is 0 Å². The van der Waals surface area contributed by atoms with E-state index in [4.69, 9.17) is 4.74 Å². The maximum Gasteiger partial charge on any atom is 0.0748 e. The van der Waals surface area contributed by atoms with Gasteiger partial charge in [0.2, 0.25) is 0 Å². The second-order valence-corrected chi connectivity index (χ2v) is 5.63. The third-order valence-corrected chi connectivity index (χ3v) is 4.03. The average molecular weight is 276 g/mol. The van der Waals surface area contributed by atoms with Gasteiger partial charge in [0.05, 0.1) is 12.7 Å². The van der Waals surface area contributed by atoms with Crippen LogP contribution >= 0.6 is 0 Å². The topological polar surface area (TPSA) is 24.5 Å². The zero-order chi connectivity index (χ0) is 14.4. The van der Waals surface area contributed by atoms with E-state index in [1.807, 2.05) is 0 Å². The Kier molecular flexibility index (Phi) is 5.86. The van der Waals surface area contributed by atoms with Crippen LogP contribution < -0.4 is 10.2 Å². The molecule has 1 aliphatic rings. The molecule has 20 heavy (non-hydrogen) atoms. The number of hydrogen-bond donors (Lipinski definition) is 1. The summed E-state index contributed by atoms with van der Waals surface area (Å²) in [6, 6.07) is 6.85. The molecule has 0 saturated carbocycles. The predicted octanol–water partition coefficient (Wildman–Crippen LogP) is 3.11. The van der Waals surface area contributed by atoms with E-state index in [-0.39, 0.29) is 0 Å². The first-order valence-corrected chi connectivity index (χ1v) is 7.91. The molecule has 1 N–H and O–H groups in total. The third kappa shape index (κ3) is 3.97. The molecule has 1 aromatic carbocycles. The molecule has 112 valence electrons. The highest BCUT2D eigenvalue weighted by Crippen LogP contribution is 2.22. The van der Waals surface area contributed by atoms with E-state index in [1.54, 1.807) is 0 Å². The second kappa shape index (κ2) is 7.65. The first-order valence-electron chi connectivity index (χ1n) is 7.91. The van der Waals surface area contributed by atoms with Crippen LogP contribution in [-0.2, 0) is 11.3 Å². The molecule has 0 amide bonds. The van der Waals surface area contributed by atoms with E-state index in [0.717, 1.165) is 39.2 Å². The summed E-state index contributed by atoms with van der Waals surface area (Å²) in [4.78, 5) is 2.45. The number of anilines is 1. The molecule has 0 bridgehead atoms. The van der Waals surface area contributed by atoms with Crippen molar-refractivity contribution in [2.75, 3.05) is 31.1 Å². The number of morpholine rings is 1. The summed E-state index contributed by atoms with van der Waals surface area (Å²) in [5.41, 5.74) is 4.12. The molecule has 1 saturated heterocycles. The highest BCUT2D eigenvalue weighted by Gasteiger charge is 2.19. The van der Waals surface area contributed by atoms with E-state index in [0.29, 0.717) is 6.10 Å². The van der Waals surface area contributed by atoms with Crippen molar-refractivity contribution in [3.63, 3.8) is 0 Å². The van der Waals surface area contributed by atoms with E-state index in [1.165, 1.54) is 23.2 Å². The summed E-state index contributed by atoms with van der Waals surface area (Å²) < 4.78 is 5.75. The van der Waals surface area contributed by atoms with Gasteiger partial charge in [0, 0.05) is 25.3 Å².